The zero-order chi connectivity index (χ0) is 12.5. The molecular formula is C12H11N3OS2. The van der Waals surface area contributed by atoms with Crippen molar-refractivity contribution in [3.63, 3.8) is 0 Å². The van der Waals surface area contributed by atoms with Gasteiger partial charge in [0.1, 0.15) is 0 Å². The van der Waals surface area contributed by atoms with E-state index in [1.54, 1.807) is 23.7 Å². The summed E-state index contributed by atoms with van der Waals surface area (Å²) in [5.74, 6) is -0.0305. The molecule has 1 unspecified atom stereocenters. The third-order valence-corrected chi connectivity index (χ3v) is 4.82. The Morgan fingerprint density at radius 3 is 3.11 bits per heavy atom. The molecule has 3 aromatic heterocycles. The molecule has 6 heteroatoms. The van der Waals surface area contributed by atoms with Crippen LogP contribution in [0.3, 0.4) is 0 Å². The second-order valence-electron chi connectivity index (χ2n) is 3.99. The predicted molar refractivity (Wildman–Crippen MR) is 74.2 cm³/mol. The highest BCUT2D eigenvalue weighted by Gasteiger charge is 2.14. The summed E-state index contributed by atoms with van der Waals surface area (Å²) in [5.41, 5.74) is 0.974. The van der Waals surface area contributed by atoms with Crippen molar-refractivity contribution in [2.24, 2.45) is 0 Å². The highest BCUT2D eigenvalue weighted by Crippen LogP contribution is 2.30. The minimum atomic E-state index is -0.0450. The average Bonchev–Trinajstić information content (AvgIpc) is 3.05. The smallest absolute Gasteiger partial charge is 0.261 e. The Bertz CT molecular complexity index is 640. The molecule has 0 radical (unpaired) electrons. The molecule has 0 fully saturated rings. The number of hydrogen-bond acceptors (Lipinski definition) is 4. The standard InChI is InChI=1S/C12H11N3OS2/c1-7(8-5-13-14-6-8)15-12(16)11-4-10-9(18-11)2-3-17-10/h2-7H,1H3,(H,13,14)(H,15,16). The Hall–Kier alpha value is -1.66. The van der Waals surface area contributed by atoms with Crippen molar-refractivity contribution >= 4 is 38.0 Å². The van der Waals surface area contributed by atoms with Crippen molar-refractivity contribution in [1.29, 1.82) is 0 Å². The van der Waals surface area contributed by atoms with Crippen molar-refractivity contribution in [2.75, 3.05) is 0 Å². The summed E-state index contributed by atoms with van der Waals surface area (Å²) in [7, 11) is 0. The number of hydrogen-bond donors (Lipinski definition) is 2. The lowest BCUT2D eigenvalue weighted by Crippen LogP contribution is -2.25. The van der Waals surface area contributed by atoms with E-state index in [0.29, 0.717) is 0 Å². The number of H-pyrrole nitrogens is 1. The van der Waals surface area contributed by atoms with Gasteiger partial charge in [-0.05, 0) is 24.4 Å². The Kier molecular flexibility index (Phi) is 2.89. The Morgan fingerprint density at radius 1 is 1.50 bits per heavy atom. The molecule has 0 spiro atoms. The molecule has 2 N–H and O–H groups in total. The lowest BCUT2D eigenvalue weighted by molar-refractivity contribution is 0.0944. The Labute approximate surface area is 112 Å². The van der Waals surface area contributed by atoms with Crippen LogP contribution in [0.25, 0.3) is 9.40 Å². The SMILES string of the molecule is CC(NC(=O)c1cc2sccc2s1)c1cn[nH]c1. The van der Waals surface area contributed by atoms with Gasteiger partial charge in [0.15, 0.2) is 0 Å². The maximum absolute atomic E-state index is 12.1. The monoisotopic (exact) mass is 277 g/mol. The number of fused-ring (bicyclic) bond motifs is 1. The molecule has 0 aromatic carbocycles. The van der Waals surface area contributed by atoms with Crippen LogP contribution in [-0.2, 0) is 0 Å². The van der Waals surface area contributed by atoms with E-state index in [9.17, 15) is 4.79 Å². The summed E-state index contributed by atoms with van der Waals surface area (Å²) in [6.45, 7) is 1.94. The minimum Gasteiger partial charge on any atom is -0.345 e. The summed E-state index contributed by atoms with van der Waals surface area (Å²) >= 11 is 3.18. The molecule has 0 saturated heterocycles. The van der Waals surface area contributed by atoms with Gasteiger partial charge in [0, 0.05) is 21.2 Å². The largest absolute Gasteiger partial charge is 0.345 e. The van der Waals surface area contributed by atoms with Crippen LogP contribution in [0.15, 0.2) is 29.9 Å². The van der Waals surface area contributed by atoms with Gasteiger partial charge in [0.25, 0.3) is 5.91 Å². The van der Waals surface area contributed by atoms with Gasteiger partial charge in [-0.25, -0.2) is 0 Å². The fourth-order valence-electron chi connectivity index (χ4n) is 1.73. The molecule has 0 aliphatic carbocycles. The van der Waals surface area contributed by atoms with Crippen LogP contribution in [-0.4, -0.2) is 16.1 Å². The van der Waals surface area contributed by atoms with Crippen LogP contribution in [0.4, 0.5) is 0 Å². The maximum atomic E-state index is 12.1. The third kappa shape index (κ3) is 2.04. The van der Waals surface area contributed by atoms with E-state index in [1.165, 1.54) is 20.7 Å². The van der Waals surface area contributed by atoms with Crippen LogP contribution in [0.2, 0.25) is 0 Å². The first-order valence-corrected chi connectivity index (χ1v) is 7.20. The molecule has 18 heavy (non-hydrogen) atoms. The lowest BCUT2D eigenvalue weighted by Gasteiger charge is -2.10. The molecular weight excluding hydrogens is 266 g/mol. The third-order valence-electron chi connectivity index (χ3n) is 2.73. The molecule has 0 bridgehead atoms. The van der Waals surface area contributed by atoms with Crippen LogP contribution < -0.4 is 5.32 Å². The van der Waals surface area contributed by atoms with Crippen LogP contribution >= 0.6 is 22.7 Å². The molecule has 0 aliphatic rings. The summed E-state index contributed by atoms with van der Waals surface area (Å²) < 4.78 is 2.34. The molecule has 3 rings (SSSR count). The highest BCUT2D eigenvalue weighted by molar-refractivity contribution is 7.27. The van der Waals surface area contributed by atoms with Gasteiger partial charge in [0.2, 0.25) is 0 Å². The number of aromatic nitrogens is 2. The first kappa shape index (κ1) is 11.4. The van der Waals surface area contributed by atoms with Gasteiger partial charge in [-0.1, -0.05) is 0 Å². The maximum Gasteiger partial charge on any atom is 0.261 e. The molecule has 92 valence electrons. The minimum absolute atomic E-state index is 0.0305. The van der Waals surface area contributed by atoms with E-state index >= 15 is 0 Å². The summed E-state index contributed by atoms with van der Waals surface area (Å²) in [4.78, 5) is 12.8. The fourth-order valence-corrected chi connectivity index (χ4v) is 3.74. The van der Waals surface area contributed by atoms with E-state index in [-0.39, 0.29) is 11.9 Å². The van der Waals surface area contributed by atoms with Crippen LogP contribution in [0, 0.1) is 0 Å². The van der Waals surface area contributed by atoms with Gasteiger partial charge in [-0.2, -0.15) is 5.10 Å². The summed E-state index contributed by atoms with van der Waals surface area (Å²) in [6.07, 6.45) is 3.51. The van der Waals surface area contributed by atoms with Gasteiger partial charge in [-0.3, -0.25) is 9.89 Å². The average molecular weight is 277 g/mol. The van der Waals surface area contributed by atoms with Crippen molar-refractivity contribution in [1.82, 2.24) is 15.5 Å². The van der Waals surface area contributed by atoms with Crippen molar-refractivity contribution in [3.8, 4) is 0 Å². The normalized spacial score (nSPS) is 12.7. The number of amides is 1. The van der Waals surface area contributed by atoms with Crippen molar-refractivity contribution < 1.29 is 4.79 Å². The Balaban J connectivity index is 1.77. The van der Waals surface area contributed by atoms with Gasteiger partial charge >= 0.3 is 0 Å². The molecule has 4 nitrogen and oxygen atoms in total. The molecule has 3 aromatic rings. The fraction of sp³-hybridized carbons (Fsp3) is 0.167. The number of carbonyl (C=O) groups is 1. The van der Waals surface area contributed by atoms with Crippen molar-refractivity contribution in [2.45, 2.75) is 13.0 Å². The number of aromatic amines is 1. The first-order valence-electron chi connectivity index (χ1n) is 5.50. The molecule has 0 aliphatic heterocycles. The van der Waals surface area contributed by atoms with Crippen LogP contribution in [0.5, 0.6) is 0 Å². The van der Waals surface area contributed by atoms with Gasteiger partial charge in [-0.15, -0.1) is 22.7 Å². The first-order chi connectivity index (χ1) is 8.74. The van der Waals surface area contributed by atoms with E-state index in [0.717, 1.165) is 10.4 Å². The predicted octanol–water partition coefficient (Wildman–Crippen LogP) is 3.18. The molecule has 1 atom stereocenters. The number of carbonyl (C=O) groups excluding carboxylic acids is 1. The number of rotatable bonds is 3. The zero-order valence-electron chi connectivity index (χ0n) is 9.64. The second-order valence-corrected chi connectivity index (χ2v) is 6.02. The van der Waals surface area contributed by atoms with Crippen LogP contribution in [0.1, 0.15) is 28.2 Å². The Morgan fingerprint density at radius 2 is 2.39 bits per heavy atom. The molecule has 3 heterocycles. The quantitative estimate of drug-likeness (QED) is 0.772. The summed E-state index contributed by atoms with van der Waals surface area (Å²) in [6, 6.07) is 3.94. The molecule has 1 amide bonds. The van der Waals surface area contributed by atoms with Gasteiger partial charge in [0.05, 0.1) is 17.1 Å². The van der Waals surface area contributed by atoms with E-state index in [2.05, 4.69) is 15.5 Å². The zero-order valence-corrected chi connectivity index (χ0v) is 11.3. The number of thiophene rings is 2. The van der Waals surface area contributed by atoms with Gasteiger partial charge < -0.3 is 5.32 Å². The lowest BCUT2D eigenvalue weighted by atomic mass is 10.2. The highest BCUT2D eigenvalue weighted by atomic mass is 32.1. The van der Waals surface area contributed by atoms with Crippen molar-refractivity contribution in [3.05, 3.63) is 40.3 Å². The number of nitrogens with zero attached hydrogens (tertiary/aromatic N) is 1. The summed E-state index contributed by atoms with van der Waals surface area (Å²) in [5, 5.41) is 11.6. The van der Waals surface area contributed by atoms with E-state index < -0.39 is 0 Å². The number of nitrogens with one attached hydrogen (secondary N) is 2. The topological polar surface area (TPSA) is 57.8 Å². The second kappa shape index (κ2) is 4.55. The molecule has 0 saturated carbocycles. The van der Waals surface area contributed by atoms with E-state index in [4.69, 9.17) is 0 Å². The van der Waals surface area contributed by atoms with E-state index in [1.807, 2.05) is 24.4 Å².